The van der Waals surface area contributed by atoms with Gasteiger partial charge in [-0.1, -0.05) is 308 Å². The quantitative estimate of drug-likeness (QED) is 0.150. The second-order valence-electron chi connectivity index (χ2n) is 34.9. The Morgan fingerprint density at radius 2 is 0.603 bits per heavy atom. The van der Waals surface area contributed by atoms with Gasteiger partial charge in [0, 0.05) is 109 Å². The van der Waals surface area contributed by atoms with E-state index in [0.29, 0.717) is 28.6 Å². The van der Waals surface area contributed by atoms with Crippen molar-refractivity contribution in [1.29, 1.82) is 0 Å². The summed E-state index contributed by atoms with van der Waals surface area (Å²) >= 11 is 0. The fraction of sp³-hybridized carbons (Fsp3) is 0.0783. The van der Waals surface area contributed by atoms with Gasteiger partial charge in [-0.2, -0.15) is 0 Å². The minimum atomic E-state index is -0.180. The predicted octanol–water partition coefficient (Wildman–Crippen LogP) is 30.7. The number of benzene rings is 16. The van der Waals surface area contributed by atoms with Gasteiger partial charge in [-0.25, -0.2) is 29.9 Å². The van der Waals surface area contributed by atoms with Crippen molar-refractivity contribution in [2.75, 3.05) is 0 Å². The van der Waals surface area contributed by atoms with Crippen LogP contribution in [0.2, 0.25) is 0 Å². The number of rotatable bonds is 7. The number of aromatic nitrogens is 6. The van der Waals surface area contributed by atoms with E-state index in [0.717, 1.165) is 171 Å². The van der Waals surface area contributed by atoms with Gasteiger partial charge in [0.1, 0.15) is 67.1 Å². The van der Waals surface area contributed by atoms with Gasteiger partial charge in [0.25, 0.3) is 0 Å². The van der Waals surface area contributed by atoms with Crippen molar-refractivity contribution < 1.29 is 22.1 Å². The van der Waals surface area contributed by atoms with Gasteiger partial charge in [-0.15, -0.1) is 0 Å². The third-order valence-corrected chi connectivity index (χ3v) is 26.7. The summed E-state index contributed by atoms with van der Waals surface area (Å²) < 4.78 is 32.7. The molecule has 596 valence electrons. The average Bonchev–Trinajstić information content (AvgIpc) is 1.55. The van der Waals surface area contributed by atoms with E-state index in [-0.39, 0.29) is 16.2 Å². The first-order valence-corrected chi connectivity index (χ1v) is 42.9. The molecule has 0 atom stereocenters. The van der Waals surface area contributed by atoms with Crippen LogP contribution in [0.25, 0.3) is 233 Å². The zero-order valence-corrected chi connectivity index (χ0v) is 69.7. The number of fused-ring (bicyclic) bond motifs is 27. The number of furan rings is 5. The Balaban J connectivity index is 0.000000104. The monoisotopic (exact) mass is 1620 g/mol. The maximum Gasteiger partial charge on any atom is 0.180 e. The Bertz CT molecular complexity index is 8690. The van der Waals surface area contributed by atoms with Crippen molar-refractivity contribution in [1.82, 2.24) is 29.9 Å². The molecule has 24 aromatic rings. The van der Waals surface area contributed by atoms with Gasteiger partial charge in [-0.05, 0) is 152 Å². The molecule has 8 heterocycles. The molecule has 0 radical (unpaired) electrons. The molecule has 0 N–H and O–H groups in total. The third kappa shape index (κ3) is 11.0. The molecule has 11 heteroatoms. The Morgan fingerprint density at radius 1 is 0.198 bits per heavy atom. The van der Waals surface area contributed by atoms with Crippen LogP contribution in [0.4, 0.5) is 0 Å². The van der Waals surface area contributed by atoms with E-state index in [1.54, 1.807) is 0 Å². The SMILES string of the molecule is CC1(C)c2ccccc2-c2cc3oc4ccc(-c5nc(-c6ccccc6)c6ccccc6n5)cc4c3cc21.CC1(C)c2ccccc2-c2ccc3c(oc4cccc(-c5ccc(-c6nc(-c7ccccc7)nc7c6oc6ccccc67)cc5)c43)c21.CC1(C)c2ccccc2-c2ccc3c(oc4cccc(-c5nc(-c6ccccc6)nc6c5oc5ccccc56)c43)c21. The fourth-order valence-electron chi connectivity index (χ4n) is 20.6. The minimum Gasteiger partial charge on any atom is -0.456 e. The molecule has 0 bridgehead atoms. The highest BCUT2D eigenvalue weighted by Crippen LogP contribution is 2.57. The van der Waals surface area contributed by atoms with Crippen LogP contribution in [0, 0.1) is 0 Å². The Kier molecular flexibility index (Phi) is 15.9. The van der Waals surface area contributed by atoms with Gasteiger partial charge < -0.3 is 22.1 Å². The van der Waals surface area contributed by atoms with E-state index in [1.807, 2.05) is 133 Å². The lowest BCUT2D eigenvalue weighted by Gasteiger charge is -2.21. The summed E-state index contributed by atoms with van der Waals surface area (Å²) in [5.41, 5.74) is 36.8. The highest BCUT2D eigenvalue weighted by Gasteiger charge is 2.42. The lowest BCUT2D eigenvalue weighted by molar-refractivity contribution is 0.619. The van der Waals surface area contributed by atoms with Crippen LogP contribution < -0.4 is 0 Å². The summed E-state index contributed by atoms with van der Waals surface area (Å²) in [4.78, 5) is 30.3. The van der Waals surface area contributed by atoms with Crippen molar-refractivity contribution in [2.45, 2.75) is 57.8 Å². The molecule has 16 aromatic carbocycles. The molecule has 11 nitrogen and oxygen atoms in total. The molecule has 0 fully saturated rings. The zero-order chi connectivity index (χ0) is 84.0. The minimum absolute atomic E-state index is 0.0621. The van der Waals surface area contributed by atoms with Crippen molar-refractivity contribution in [3.63, 3.8) is 0 Å². The van der Waals surface area contributed by atoms with Gasteiger partial charge >= 0.3 is 0 Å². The molecule has 126 heavy (non-hydrogen) atoms. The van der Waals surface area contributed by atoms with E-state index >= 15 is 0 Å². The zero-order valence-electron chi connectivity index (χ0n) is 69.7. The Morgan fingerprint density at radius 3 is 1.19 bits per heavy atom. The van der Waals surface area contributed by atoms with Gasteiger partial charge in [0.2, 0.25) is 0 Å². The summed E-state index contributed by atoms with van der Waals surface area (Å²) in [5.74, 6) is 2.06. The molecule has 0 saturated heterocycles. The fourth-order valence-corrected chi connectivity index (χ4v) is 20.6. The van der Waals surface area contributed by atoms with Crippen LogP contribution in [-0.2, 0) is 16.2 Å². The first-order chi connectivity index (χ1) is 61.7. The molecular weight excluding hydrogens is 1550 g/mol. The third-order valence-electron chi connectivity index (χ3n) is 26.7. The Hall–Kier alpha value is -16.0. The average molecular weight is 1620 g/mol. The summed E-state index contributed by atoms with van der Waals surface area (Å²) in [6.45, 7) is 13.8. The van der Waals surface area contributed by atoms with Crippen LogP contribution in [-0.4, -0.2) is 29.9 Å². The van der Waals surface area contributed by atoms with Crippen molar-refractivity contribution in [3.8, 4) is 112 Å². The highest BCUT2D eigenvalue weighted by atomic mass is 16.3. The van der Waals surface area contributed by atoms with Crippen molar-refractivity contribution in [3.05, 3.63) is 385 Å². The van der Waals surface area contributed by atoms with E-state index in [2.05, 4.69) is 260 Å². The molecule has 8 aromatic heterocycles. The normalized spacial score (nSPS) is 13.7. The summed E-state index contributed by atoms with van der Waals surface area (Å²) in [6.07, 6.45) is 0. The molecule has 3 aliphatic carbocycles. The summed E-state index contributed by atoms with van der Waals surface area (Å²) in [6, 6.07) is 122. The second-order valence-corrected chi connectivity index (χ2v) is 34.9. The van der Waals surface area contributed by atoms with Crippen molar-refractivity contribution in [2.24, 2.45) is 0 Å². The number of nitrogens with zero attached hydrogens (tertiary/aromatic N) is 6. The maximum atomic E-state index is 6.74. The summed E-state index contributed by atoms with van der Waals surface area (Å²) in [5, 5.41) is 9.63. The van der Waals surface area contributed by atoms with Crippen LogP contribution >= 0.6 is 0 Å². The highest BCUT2D eigenvalue weighted by molar-refractivity contribution is 6.19. The van der Waals surface area contributed by atoms with Crippen LogP contribution in [0.3, 0.4) is 0 Å². The van der Waals surface area contributed by atoms with E-state index in [9.17, 15) is 0 Å². The number of para-hydroxylation sites is 3. The standard InChI is InChI=1S/C43H28N2O2.C37H24N2O2.C35H24N2O/c1-43(2)33-16-8-6-13-29(33)30-23-24-32-36-28(15-10-18-35(36)47-40(32)37(30)43)25-19-21-26(22-20-25)38-41-39(31-14-7-9-17-34(31)46-41)45-42(44-38)27-11-4-3-5-12-27;1-37(2)27-16-8-6-13-22(27)23-19-20-26-30-25(15-10-18-29(30)41-34(26)31(23)37)33-35-32(24-14-7-9-17-28(24)40-35)38-36(39-33)21-11-4-3-5-12-21;1-35(2)28-14-8-6-12-23(28)25-20-32-27(19-29(25)35)26-18-22(16-17-31(26)38-32)34-36-30-15-9-7-13-24(30)33(37-34)21-10-4-3-5-11-21/h3-24H,1-2H3;3-20H,1-2H3;3-20H,1-2H3. The topological polar surface area (TPSA) is 143 Å². The Labute approximate surface area is 723 Å². The molecule has 0 amide bonds. The van der Waals surface area contributed by atoms with Gasteiger partial charge in [0.15, 0.2) is 28.6 Å². The number of hydrogen-bond donors (Lipinski definition) is 0. The lowest BCUT2D eigenvalue weighted by Crippen LogP contribution is -2.15. The maximum absolute atomic E-state index is 6.74. The first kappa shape index (κ1) is 72.8. The molecule has 27 rings (SSSR count). The molecular formula is C115H76N6O5. The first-order valence-electron chi connectivity index (χ1n) is 42.9. The van der Waals surface area contributed by atoms with Crippen LogP contribution in [0.5, 0.6) is 0 Å². The largest absolute Gasteiger partial charge is 0.456 e. The lowest BCUT2D eigenvalue weighted by atomic mass is 9.81. The molecule has 0 spiro atoms. The van der Waals surface area contributed by atoms with E-state index in [4.69, 9.17) is 52.0 Å². The van der Waals surface area contributed by atoms with E-state index in [1.165, 1.54) is 66.8 Å². The molecule has 3 aliphatic rings. The molecule has 0 unspecified atom stereocenters. The van der Waals surface area contributed by atoms with Crippen molar-refractivity contribution >= 4 is 121 Å². The van der Waals surface area contributed by atoms with Gasteiger partial charge in [-0.3, -0.25) is 0 Å². The summed E-state index contributed by atoms with van der Waals surface area (Å²) in [7, 11) is 0. The van der Waals surface area contributed by atoms with Crippen LogP contribution in [0.1, 0.15) is 74.9 Å². The molecule has 0 saturated carbocycles. The second kappa shape index (κ2) is 27.5. The predicted molar refractivity (Wildman–Crippen MR) is 511 cm³/mol. The smallest absolute Gasteiger partial charge is 0.180 e. The number of hydrogen-bond acceptors (Lipinski definition) is 11. The van der Waals surface area contributed by atoms with Gasteiger partial charge in [0.05, 0.1) is 11.2 Å². The van der Waals surface area contributed by atoms with E-state index < -0.39 is 0 Å². The molecule has 0 aliphatic heterocycles. The van der Waals surface area contributed by atoms with Crippen LogP contribution in [0.15, 0.2) is 374 Å².